The van der Waals surface area contributed by atoms with E-state index in [1.54, 1.807) is 0 Å². The van der Waals surface area contributed by atoms with Gasteiger partial charge in [-0.25, -0.2) is 4.79 Å². The predicted molar refractivity (Wildman–Crippen MR) is 83.2 cm³/mol. The van der Waals surface area contributed by atoms with E-state index in [-0.39, 0.29) is 22.9 Å². The van der Waals surface area contributed by atoms with Gasteiger partial charge in [0.2, 0.25) is 5.95 Å². The van der Waals surface area contributed by atoms with Crippen LogP contribution in [-0.2, 0) is 14.3 Å². The van der Waals surface area contributed by atoms with E-state index < -0.39 is 22.7 Å². The van der Waals surface area contributed by atoms with Crippen LogP contribution in [0.5, 0.6) is 0 Å². The molecule has 0 amide bonds. The summed E-state index contributed by atoms with van der Waals surface area (Å²) in [7, 11) is 1.18. The molecular formula is C14H12N6O5. The Labute approximate surface area is 140 Å². The van der Waals surface area contributed by atoms with E-state index in [1.165, 1.54) is 38.3 Å². The zero-order valence-electron chi connectivity index (χ0n) is 13.2. The second-order valence-electron chi connectivity index (χ2n) is 5.15. The van der Waals surface area contributed by atoms with Crippen molar-refractivity contribution in [2.75, 3.05) is 12.4 Å². The minimum Gasteiger partial charge on any atom is -0.464 e. The third-order valence-electron chi connectivity index (χ3n) is 3.69. The fraction of sp³-hybridized carbons (Fsp3) is 0.214. The molecule has 0 fully saturated rings. The Balaban J connectivity index is 2.17. The van der Waals surface area contributed by atoms with Gasteiger partial charge in [-0.1, -0.05) is 5.10 Å². The summed E-state index contributed by atoms with van der Waals surface area (Å²) in [6, 6.07) is 4.85. The maximum atomic E-state index is 12.2. The van der Waals surface area contributed by atoms with E-state index >= 15 is 0 Å². The second-order valence-corrected chi connectivity index (χ2v) is 5.15. The van der Waals surface area contributed by atoms with E-state index in [1.807, 2.05) is 0 Å². The number of hydrogen-bond acceptors (Lipinski definition) is 9. The average Bonchev–Trinajstić information content (AvgIpc) is 3.07. The first-order valence-corrected chi connectivity index (χ1v) is 7.07. The number of tetrazole rings is 1. The summed E-state index contributed by atoms with van der Waals surface area (Å²) in [6.07, 6.45) is 0. The van der Waals surface area contributed by atoms with E-state index in [9.17, 15) is 19.7 Å². The molecular weight excluding hydrogens is 332 g/mol. The SMILES string of the molecule is COC(=O)C1=C(C(C)=O)C(c2ccc([N+](=O)[O-])cc2)Nc2nnnn21. The quantitative estimate of drug-likeness (QED) is 0.482. The third kappa shape index (κ3) is 2.71. The number of ether oxygens (including phenoxy) is 1. The standard InChI is InChI=1S/C14H12N6O5/c1-7(21)10-11(8-3-5-9(6-4-8)20(23)24)15-14-16-17-18-19(14)12(10)13(22)25-2/h3-6,11H,1-2H3,(H,15,16,18). The molecule has 3 rings (SSSR count). The molecule has 25 heavy (non-hydrogen) atoms. The lowest BCUT2D eigenvalue weighted by Gasteiger charge is -2.27. The molecule has 11 nitrogen and oxygen atoms in total. The Hall–Kier alpha value is -3.63. The van der Waals surface area contributed by atoms with E-state index in [0.717, 1.165) is 4.68 Å². The van der Waals surface area contributed by atoms with E-state index in [4.69, 9.17) is 4.74 Å². The number of rotatable bonds is 4. The number of benzene rings is 1. The second kappa shape index (κ2) is 6.11. The lowest BCUT2D eigenvalue weighted by Crippen LogP contribution is -2.30. The molecule has 0 saturated carbocycles. The topological polar surface area (TPSA) is 142 Å². The lowest BCUT2D eigenvalue weighted by molar-refractivity contribution is -0.384. The number of hydrogen-bond donors (Lipinski definition) is 1. The maximum absolute atomic E-state index is 12.2. The highest BCUT2D eigenvalue weighted by Gasteiger charge is 2.36. The average molecular weight is 344 g/mol. The monoisotopic (exact) mass is 344 g/mol. The number of ketones is 1. The first kappa shape index (κ1) is 16.2. The van der Waals surface area contributed by atoms with Gasteiger partial charge in [0.05, 0.1) is 23.6 Å². The zero-order chi connectivity index (χ0) is 18.1. The van der Waals surface area contributed by atoms with Crippen LogP contribution in [0.25, 0.3) is 5.70 Å². The van der Waals surface area contributed by atoms with Crippen molar-refractivity contribution in [3.63, 3.8) is 0 Å². The van der Waals surface area contributed by atoms with Crippen molar-refractivity contribution in [3.05, 3.63) is 45.5 Å². The van der Waals surface area contributed by atoms with Gasteiger partial charge in [-0.05, 0) is 35.0 Å². The van der Waals surface area contributed by atoms with Crippen LogP contribution in [0.1, 0.15) is 18.5 Å². The smallest absolute Gasteiger partial charge is 0.357 e. The van der Waals surface area contributed by atoms with Crippen molar-refractivity contribution in [2.24, 2.45) is 0 Å². The first-order chi connectivity index (χ1) is 11.9. The predicted octanol–water partition coefficient (Wildman–Crippen LogP) is 0.721. The molecule has 0 aliphatic carbocycles. The van der Waals surface area contributed by atoms with Crippen molar-refractivity contribution < 1.29 is 19.2 Å². The molecule has 0 saturated heterocycles. The number of methoxy groups -OCH3 is 1. The number of nitrogens with one attached hydrogen (secondary N) is 1. The van der Waals surface area contributed by atoms with Crippen LogP contribution in [-0.4, -0.2) is 44.0 Å². The van der Waals surface area contributed by atoms with Crippen LogP contribution in [0.2, 0.25) is 0 Å². The number of fused-ring (bicyclic) bond motifs is 1. The van der Waals surface area contributed by atoms with Crippen LogP contribution in [0, 0.1) is 10.1 Å². The highest BCUT2D eigenvalue weighted by molar-refractivity contribution is 6.20. The fourth-order valence-corrected chi connectivity index (χ4v) is 2.58. The van der Waals surface area contributed by atoms with Crippen molar-refractivity contribution in [3.8, 4) is 0 Å². The Morgan fingerprint density at radius 1 is 1.32 bits per heavy atom. The summed E-state index contributed by atoms with van der Waals surface area (Å²) in [5, 5.41) is 24.7. The molecule has 1 unspecified atom stereocenters. The number of esters is 1. The number of nitro groups is 1. The van der Waals surface area contributed by atoms with Gasteiger partial charge in [-0.2, -0.15) is 4.68 Å². The number of carbonyl (C=O) groups is 2. The number of carbonyl (C=O) groups excluding carboxylic acids is 2. The molecule has 0 radical (unpaired) electrons. The molecule has 1 aromatic heterocycles. The molecule has 2 aromatic rings. The minimum absolute atomic E-state index is 0.0917. The van der Waals surface area contributed by atoms with Gasteiger partial charge in [-0.15, -0.1) is 0 Å². The largest absolute Gasteiger partial charge is 0.464 e. The number of non-ortho nitro benzene ring substituents is 1. The lowest BCUT2D eigenvalue weighted by atomic mass is 9.92. The third-order valence-corrected chi connectivity index (χ3v) is 3.69. The van der Waals surface area contributed by atoms with Crippen LogP contribution in [0.4, 0.5) is 11.6 Å². The van der Waals surface area contributed by atoms with E-state index in [2.05, 4.69) is 20.8 Å². The van der Waals surface area contributed by atoms with Crippen LogP contribution < -0.4 is 5.32 Å². The summed E-state index contributed by atoms with van der Waals surface area (Å²) < 4.78 is 5.84. The molecule has 1 aliphatic heterocycles. The summed E-state index contributed by atoms with van der Waals surface area (Å²) in [6.45, 7) is 1.30. The van der Waals surface area contributed by atoms with Gasteiger partial charge in [0, 0.05) is 12.1 Å². The Morgan fingerprint density at radius 2 is 2.00 bits per heavy atom. The summed E-state index contributed by atoms with van der Waals surface area (Å²) in [5.41, 5.74) is 0.440. The molecule has 1 N–H and O–H groups in total. The molecule has 11 heteroatoms. The Bertz CT molecular complexity index is 901. The highest BCUT2D eigenvalue weighted by atomic mass is 16.6. The van der Waals surface area contributed by atoms with Gasteiger partial charge in [0.1, 0.15) is 0 Å². The number of Topliss-reactive ketones (excluding diaryl/α,β-unsaturated/α-hetero) is 1. The van der Waals surface area contributed by atoms with Crippen LogP contribution >= 0.6 is 0 Å². The number of anilines is 1. The number of nitrogens with zero attached hydrogens (tertiary/aromatic N) is 5. The van der Waals surface area contributed by atoms with Crippen molar-refractivity contribution >= 4 is 29.1 Å². The maximum Gasteiger partial charge on any atom is 0.357 e. The Morgan fingerprint density at radius 3 is 2.56 bits per heavy atom. The molecule has 2 heterocycles. The number of nitro benzene ring substituents is 1. The van der Waals surface area contributed by atoms with Crippen molar-refractivity contribution in [1.82, 2.24) is 20.2 Å². The Kier molecular flexibility index (Phi) is 3.97. The van der Waals surface area contributed by atoms with Gasteiger partial charge >= 0.3 is 5.97 Å². The summed E-state index contributed by atoms with van der Waals surface area (Å²) in [5.74, 6) is -1.02. The molecule has 0 spiro atoms. The summed E-state index contributed by atoms with van der Waals surface area (Å²) in [4.78, 5) is 34.7. The van der Waals surface area contributed by atoms with Crippen molar-refractivity contribution in [1.29, 1.82) is 0 Å². The van der Waals surface area contributed by atoms with Gasteiger partial charge in [0.15, 0.2) is 11.5 Å². The molecule has 1 aromatic carbocycles. The fourth-order valence-electron chi connectivity index (χ4n) is 2.58. The minimum atomic E-state index is -0.771. The molecule has 0 bridgehead atoms. The molecule has 1 aliphatic rings. The first-order valence-electron chi connectivity index (χ1n) is 7.07. The summed E-state index contributed by atoms with van der Waals surface area (Å²) >= 11 is 0. The van der Waals surface area contributed by atoms with Crippen LogP contribution in [0.15, 0.2) is 29.8 Å². The molecule has 1 atom stereocenters. The van der Waals surface area contributed by atoms with Gasteiger partial charge in [0.25, 0.3) is 5.69 Å². The highest BCUT2D eigenvalue weighted by Crippen LogP contribution is 2.35. The normalized spacial score (nSPS) is 16.0. The van der Waals surface area contributed by atoms with Crippen LogP contribution in [0.3, 0.4) is 0 Å². The zero-order valence-corrected chi connectivity index (χ0v) is 13.2. The molecule has 128 valence electrons. The van der Waals surface area contributed by atoms with Gasteiger partial charge < -0.3 is 10.1 Å². The van der Waals surface area contributed by atoms with Gasteiger partial charge in [-0.3, -0.25) is 14.9 Å². The van der Waals surface area contributed by atoms with Crippen molar-refractivity contribution in [2.45, 2.75) is 13.0 Å². The van der Waals surface area contributed by atoms with E-state index in [0.29, 0.717) is 5.56 Å². The number of aromatic nitrogens is 4.